The molecule has 2 rings (SSSR count). The quantitative estimate of drug-likeness (QED) is 0.722. The van der Waals surface area contributed by atoms with Crippen LogP contribution in [0, 0.1) is 17.2 Å². The minimum Gasteiger partial charge on any atom is -0.493 e. The SMILES string of the molecule is COc1ccc(C(C#N)(CCCn2cccc2)C(C)C)cc1OC. The Hall–Kier alpha value is -2.41. The van der Waals surface area contributed by atoms with Gasteiger partial charge in [0.15, 0.2) is 11.5 Å². The van der Waals surface area contributed by atoms with Crippen molar-refractivity contribution in [2.24, 2.45) is 5.92 Å². The molecule has 1 unspecified atom stereocenters. The van der Waals surface area contributed by atoms with Gasteiger partial charge in [-0.25, -0.2) is 0 Å². The molecule has 0 saturated carbocycles. The van der Waals surface area contributed by atoms with Crippen molar-refractivity contribution in [3.63, 3.8) is 0 Å². The van der Waals surface area contributed by atoms with Gasteiger partial charge in [0.25, 0.3) is 0 Å². The fraction of sp³-hybridized carbons (Fsp3) is 0.450. The summed E-state index contributed by atoms with van der Waals surface area (Å²) >= 11 is 0. The van der Waals surface area contributed by atoms with Crippen LogP contribution in [0.15, 0.2) is 42.7 Å². The Morgan fingerprint density at radius 1 is 1.12 bits per heavy atom. The first-order chi connectivity index (χ1) is 11.6. The van der Waals surface area contributed by atoms with Gasteiger partial charge in [0, 0.05) is 18.9 Å². The number of benzene rings is 1. The Morgan fingerprint density at radius 3 is 2.33 bits per heavy atom. The van der Waals surface area contributed by atoms with E-state index in [1.807, 2.05) is 30.3 Å². The monoisotopic (exact) mass is 326 g/mol. The van der Waals surface area contributed by atoms with Gasteiger partial charge >= 0.3 is 0 Å². The molecule has 0 spiro atoms. The van der Waals surface area contributed by atoms with Gasteiger partial charge in [0.1, 0.15) is 0 Å². The molecule has 0 amide bonds. The molecule has 1 aromatic heterocycles. The van der Waals surface area contributed by atoms with E-state index in [4.69, 9.17) is 9.47 Å². The Labute approximate surface area is 144 Å². The third-order valence-electron chi connectivity index (χ3n) is 4.74. The highest BCUT2D eigenvalue weighted by Gasteiger charge is 2.36. The lowest BCUT2D eigenvalue weighted by Crippen LogP contribution is -2.31. The highest BCUT2D eigenvalue weighted by atomic mass is 16.5. The molecule has 0 aliphatic rings. The predicted octanol–water partition coefficient (Wildman–Crippen LogP) is 4.40. The van der Waals surface area contributed by atoms with E-state index in [9.17, 15) is 5.26 Å². The van der Waals surface area contributed by atoms with E-state index in [0.29, 0.717) is 11.5 Å². The molecule has 0 bridgehead atoms. The molecule has 128 valence electrons. The average molecular weight is 326 g/mol. The van der Waals surface area contributed by atoms with Gasteiger partial charge in [0.2, 0.25) is 0 Å². The molecule has 1 aromatic carbocycles. The average Bonchev–Trinajstić information content (AvgIpc) is 3.11. The minimum absolute atomic E-state index is 0.199. The van der Waals surface area contributed by atoms with Crippen LogP contribution in [0.2, 0.25) is 0 Å². The van der Waals surface area contributed by atoms with E-state index in [1.54, 1.807) is 14.2 Å². The van der Waals surface area contributed by atoms with Crippen LogP contribution in [0.4, 0.5) is 0 Å². The standard InChI is InChI=1S/C20H26N2O2/c1-16(2)20(15-21,10-7-13-22-11-5-6-12-22)17-8-9-18(23-3)19(14-17)24-4/h5-6,8-9,11-12,14,16H,7,10,13H2,1-4H3. The van der Waals surface area contributed by atoms with Gasteiger partial charge in [0.05, 0.1) is 25.7 Å². The first-order valence-corrected chi connectivity index (χ1v) is 8.32. The van der Waals surface area contributed by atoms with Crippen molar-refractivity contribution in [3.8, 4) is 17.6 Å². The lowest BCUT2D eigenvalue weighted by atomic mass is 9.70. The molecule has 4 heteroatoms. The smallest absolute Gasteiger partial charge is 0.161 e. The normalized spacial score (nSPS) is 13.3. The maximum absolute atomic E-state index is 10.0. The summed E-state index contributed by atoms with van der Waals surface area (Å²) in [7, 11) is 3.24. The number of aromatic nitrogens is 1. The fourth-order valence-electron chi connectivity index (χ4n) is 3.19. The van der Waals surface area contributed by atoms with E-state index < -0.39 is 5.41 Å². The fourth-order valence-corrected chi connectivity index (χ4v) is 3.19. The van der Waals surface area contributed by atoms with E-state index in [1.165, 1.54) is 0 Å². The molecular formula is C20H26N2O2. The van der Waals surface area contributed by atoms with Crippen molar-refractivity contribution in [1.29, 1.82) is 5.26 Å². The molecular weight excluding hydrogens is 300 g/mol. The topological polar surface area (TPSA) is 47.2 Å². The zero-order valence-electron chi connectivity index (χ0n) is 15.0. The van der Waals surface area contributed by atoms with Crippen LogP contribution in [0.25, 0.3) is 0 Å². The van der Waals surface area contributed by atoms with Crippen LogP contribution in [0.3, 0.4) is 0 Å². The second-order valence-electron chi connectivity index (χ2n) is 6.33. The van der Waals surface area contributed by atoms with Crippen molar-refractivity contribution in [1.82, 2.24) is 4.57 Å². The number of rotatable bonds is 8. The zero-order chi connectivity index (χ0) is 17.6. The number of nitriles is 1. The number of ether oxygens (including phenoxy) is 2. The van der Waals surface area contributed by atoms with E-state index >= 15 is 0 Å². The molecule has 0 fully saturated rings. The summed E-state index contributed by atoms with van der Waals surface area (Å²) in [4.78, 5) is 0. The van der Waals surface area contributed by atoms with Crippen LogP contribution in [0.1, 0.15) is 32.3 Å². The molecule has 2 aromatic rings. The highest BCUT2D eigenvalue weighted by molar-refractivity contribution is 5.47. The Balaban J connectivity index is 2.28. The lowest BCUT2D eigenvalue weighted by Gasteiger charge is -2.32. The second-order valence-corrected chi connectivity index (χ2v) is 6.33. The number of nitrogens with zero attached hydrogens (tertiary/aromatic N) is 2. The van der Waals surface area contributed by atoms with Crippen LogP contribution in [0.5, 0.6) is 11.5 Å². The third-order valence-corrected chi connectivity index (χ3v) is 4.74. The summed E-state index contributed by atoms with van der Waals surface area (Å²) < 4.78 is 12.9. The lowest BCUT2D eigenvalue weighted by molar-refractivity contribution is 0.338. The molecule has 24 heavy (non-hydrogen) atoms. The molecule has 0 aliphatic carbocycles. The number of hydrogen-bond donors (Lipinski definition) is 0. The van der Waals surface area contributed by atoms with Crippen LogP contribution < -0.4 is 9.47 Å². The van der Waals surface area contributed by atoms with Crippen molar-refractivity contribution in [2.75, 3.05) is 14.2 Å². The van der Waals surface area contributed by atoms with Crippen LogP contribution >= 0.6 is 0 Å². The number of hydrogen-bond acceptors (Lipinski definition) is 3. The van der Waals surface area contributed by atoms with Crippen molar-refractivity contribution >= 4 is 0 Å². The minimum atomic E-state index is -0.535. The van der Waals surface area contributed by atoms with Crippen molar-refractivity contribution in [2.45, 2.75) is 38.6 Å². The first kappa shape index (κ1) is 17.9. The van der Waals surface area contributed by atoms with E-state index in [0.717, 1.165) is 24.9 Å². The Bertz CT molecular complexity index is 686. The van der Waals surface area contributed by atoms with Crippen molar-refractivity contribution in [3.05, 3.63) is 48.3 Å². The highest BCUT2D eigenvalue weighted by Crippen LogP contribution is 2.40. The second kappa shape index (κ2) is 7.92. The molecule has 0 N–H and O–H groups in total. The maximum atomic E-state index is 10.0. The zero-order valence-corrected chi connectivity index (χ0v) is 15.0. The predicted molar refractivity (Wildman–Crippen MR) is 95.3 cm³/mol. The molecule has 1 heterocycles. The summed E-state index contributed by atoms with van der Waals surface area (Å²) in [5.41, 5.74) is 0.456. The Morgan fingerprint density at radius 2 is 1.79 bits per heavy atom. The van der Waals surface area contributed by atoms with E-state index in [-0.39, 0.29) is 5.92 Å². The summed E-state index contributed by atoms with van der Waals surface area (Å²) in [5, 5.41) is 10.0. The maximum Gasteiger partial charge on any atom is 0.161 e. The molecule has 0 saturated heterocycles. The molecule has 4 nitrogen and oxygen atoms in total. The number of methoxy groups -OCH3 is 2. The molecule has 0 radical (unpaired) electrons. The van der Waals surface area contributed by atoms with Gasteiger partial charge in [-0.3, -0.25) is 0 Å². The number of aryl methyl sites for hydroxylation is 1. The Kier molecular flexibility index (Phi) is 5.92. The van der Waals surface area contributed by atoms with Gasteiger partial charge < -0.3 is 14.0 Å². The van der Waals surface area contributed by atoms with E-state index in [2.05, 4.69) is 36.9 Å². The van der Waals surface area contributed by atoms with Gasteiger partial charge in [-0.1, -0.05) is 19.9 Å². The summed E-state index contributed by atoms with van der Waals surface area (Å²) in [6, 6.07) is 12.5. The van der Waals surface area contributed by atoms with Crippen molar-refractivity contribution < 1.29 is 9.47 Å². The summed E-state index contributed by atoms with van der Waals surface area (Å²) in [6.45, 7) is 5.13. The molecule has 1 atom stereocenters. The van der Waals surface area contributed by atoms with Crippen LogP contribution in [-0.2, 0) is 12.0 Å². The third kappa shape index (κ3) is 3.56. The summed E-state index contributed by atoms with van der Waals surface area (Å²) in [6.07, 6.45) is 5.85. The van der Waals surface area contributed by atoms with Gasteiger partial charge in [-0.2, -0.15) is 5.26 Å². The molecule has 0 aliphatic heterocycles. The largest absolute Gasteiger partial charge is 0.493 e. The first-order valence-electron chi connectivity index (χ1n) is 8.32. The van der Waals surface area contributed by atoms with Gasteiger partial charge in [-0.05, 0) is 48.6 Å². The van der Waals surface area contributed by atoms with Crippen LogP contribution in [-0.4, -0.2) is 18.8 Å². The van der Waals surface area contributed by atoms with Gasteiger partial charge in [-0.15, -0.1) is 0 Å². The summed E-state index contributed by atoms with van der Waals surface area (Å²) in [5.74, 6) is 1.55.